The molecule has 4 nitrogen and oxygen atoms in total. The van der Waals surface area contributed by atoms with Gasteiger partial charge in [-0.1, -0.05) is 0 Å². The molecule has 0 aliphatic heterocycles. The first kappa shape index (κ1) is 13.0. The van der Waals surface area contributed by atoms with Crippen molar-refractivity contribution in [2.45, 2.75) is 6.92 Å². The van der Waals surface area contributed by atoms with Crippen molar-refractivity contribution < 1.29 is 13.9 Å². The van der Waals surface area contributed by atoms with E-state index in [-0.39, 0.29) is 11.5 Å². The van der Waals surface area contributed by atoms with Crippen LogP contribution < -0.4 is 0 Å². The van der Waals surface area contributed by atoms with E-state index in [1.807, 2.05) is 22.6 Å². The highest BCUT2D eigenvalue weighted by atomic mass is 127. The fourth-order valence-electron chi connectivity index (χ4n) is 1.46. The molecule has 0 unspecified atom stereocenters. The van der Waals surface area contributed by atoms with Gasteiger partial charge in [0.2, 0.25) is 0 Å². The molecule has 0 fully saturated rings. The van der Waals surface area contributed by atoms with E-state index in [0.29, 0.717) is 6.61 Å². The average Bonchev–Trinajstić information content (AvgIpc) is 2.78. The number of hydrogen-bond donors (Lipinski definition) is 0. The van der Waals surface area contributed by atoms with Gasteiger partial charge in [0.1, 0.15) is 12.1 Å². The third kappa shape index (κ3) is 2.69. The summed E-state index contributed by atoms with van der Waals surface area (Å²) in [6.45, 7) is 2.04. The zero-order chi connectivity index (χ0) is 13.1. The molecule has 0 atom stereocenters. The number of carbonyl (C=O) groups is 1. The largest absolute Gasteiger partial charge is 0.461 e. The molecule has 1 aromatic heterocycles. The molecule has 0 bridgehead atoms. The molecule has 1 aromatic carbocycles. The lowest BCUT2D eigenvalue weighted by Crippen LogP contribution is -2.04. The number of aromatic nitrogens is 2. The van der Waals surface area contributed by atoms with E-state index in [2.05, 4.69) is 4.98 Å². The highest BCUT2D eigenvalue weighted by Crippen LogP contribution is 2.18. The summed E-state index contributed by atoms with van der Waals surface area (Å²) in [5, 5.41) is 0. The van der Waals surface area contributed by atoms with Gasteiger partial charge in [-0.3, -0.25) is 0 Å². The third-order valence-electron chi connectivity index (χ3n) is 2.26. The van der Waals surface area contributed by atoms with Gasteiger partial charge in [-0.2, -0.15) is 0 Å². The monoisotopic (exact) mass is 360 g/mol. The number of nitrogens with zero attached hydrogens (tertiary/aromatic N) is 2. The topological polar surface area (TPSA) is 44.1 Å². The zero-order valence-electron chi connectivity index (χ0n) is 9.56. The molecular weight excluding hydrogens is 350 g/mol. The summed E-state index contributed by atoms with van der Waals surface area (Å²) >= 11 is 2.03. The van der Waals surface area contributed by atoms with Crippen LogP contribution >= 0.6 is 22.6 Å². The van der Waals surface area contributed by atoms with Crippen LogP contribution in [0, 0.1) is 9.39 Å². The van der Waals surface area contributed by atoms with E-state index < -0.39 is 5.97 Å². The molecule has 0 aliphatic carbocycles. The number of ether oxygens (including phenoxy) is 1. The zero-order valence-corrected chi connectivity index (χ0v) is 11.7. The van der Waals surface area contributed by atoms with Crippen LogP contribution in [0.5, 0.6) is 0 Å². The van der Waals surface area contributed by atoms with E-state index in [1.165, 1.54) is 18.5 Å². The maximum absolute atomic E-state index is 13.0. The minimum atomic E-state index is -0.464. The fourth-order valence-corrected chi connectivity index (χ4v) is 2.21. The Balaban J connectivity index is 2.32. The van der Waals surface area contributed by atoms with Crippen LogP contribution in [0.1, 0.15) is 17.4 Å². The van der Waals surface area contributed by atoms with Crippen LogP contribution in [0.3, 0.4) is 0 Å². The van der Waals surface area contributed by atoms with Gasteiger partial charge in [0.15, 0.2) is 5.69 Å². The summed E-state index contributed by atoms with van der Waals surface area (Å²) in [6, 6.07) is 4.41. The standard InChI is InChI=1S/C12H10FIN2O2/c1-2-18-12(17)10-6-16(7-15-10)11-4-3-8(13)5-9(11)14/h3-7H,2H2,1H3. The lowest BCUT2D eigenvalue weighted by atomic mass is 10.3. The first-order chi connectivity index (χ1) is 8.61. The van der Waals surface area contributed by atoms with Gasteiger partial charge in [0.05, 0.1) is 12.3 Å². The molecule has 0 radical (unpaired) electrons. The lowest BCUT2D eigenvalue weighted by molar-refractivity contribution is 0.0520. The van der Waals surface area contributed by atoms with Crippen molar-refractivity contribution in [1.29, 1.82) is 0 Å². The molecule has 6 heteroatoms. The summed E-state index contributed by atoms with van der Waals surface area (Å²) in [4.78, 5) is 15.4. The Morgan fingerprint density at radius 3 is 3.00 bits per heavy atom. The summed E-state index contributed by atoms with van der Waals surface area (Å²) in [6.07, 6.45) is 3.06. The van der Waals surface area contributed by atoms with Gasteiger partial charge in [-0.15, -0.1) is 0 Å². The van der Waals surface area contributed by atoms with E-state index in [4.69, 9.17) is 4.74 Å². The normalized spacial score (nSPS) is 10.4. The number of hydrogen-bond acceptors (Lipinski definition) is 3. The average molecular weight is 360 g/mol. The summed E-state index contributed by atoms with van der Waals surface area (Å²) in [5.41, 5.74) is 0.997. The molecule has 0 saturated heterocycles. The van der Waals surface area contributed by atoms with E-state index in [0.717, 1.165) is 9.26 Å². The SMILES string of the molecule is CCOC(=O)c1cn(-c2ccc(F)cc2I)cn1. The smallest absolute Gasteiger partial charge is 0.358 e. The van der Waals surface area contributed by atoms with E-state index in [9.17, 15) is 9.18 Å². The molecule has 0 aliphatic rings. The second kappa shape index (κ2) is 5.47. The van der Waals surface area contributed by atoms with Crippen LogP contribution in [0.4, 0.5) is 4.39 Å². The summed E-state index contributed by atoms with van der Waals surface area (Å²) < 4.78 is 20.2. The number of esters is 1. The van der Waals surface area contributed by atoms with Gasteiger partial charge in [-0.25, -0.2) is 14.2 Å². The Bertz CT molecular complexity index is 583. The van der Waals surface area contributed by atoms with Crippen LogP contribution in [-0.2, 0) is 4.74 Å². The summed E-state index contributed by atoms with van der Waals surface area (Å²) in [7, 11) is 0. The predicted molar refractivity (Wildman–Crippen MR) is 72.2 cm³/mol. The van der Waals surface area contributed by atoms with Crippen molar-refractivity contribution in [2.75, 3.05) is 6.61 Å². The molecule has 1 heterocycles. The predicted octanol–water partition coefficient (Wildman–Crippen LogP) is 2.79. The minimum absolute atomic E-state index is 0.233. The molecule has 0 amide bonds. The molecule has 2 aromatic rings. The number of benzene rings is 1. The van der Waals surface area contributed by atoms with Crippen LogP contribution in [0.2, 0.25) is 0 Å². The van der Waals surface area contributed by atoms with E-state index >= 15 is 0 Å². The fraction of sp³-hybridized carbons (Fsp3) is 0.167. The number of imidazole rings is 1. The number of carbonyl (C=O) groups excluding carboxylic acids is 1. The molecule has 2 rings (SSSR count). The van der Waals surface area contributed by atoms with Crippen molar-refractivity contribution in [3.8, 4) is 5.69 Å². The Hall–Kier alpha value is -1.44. The van der Waals surface area contributed by atoms with E-state index in [1.54, 1.807) is 23.8 Å². The molecule has 0 spiro atoms. The van der Waals surface area contributed by atoms with Crippen LogP contribution in [-0.4, -0.2) is 22.1 Å². The lowest BCUT2D eigenvalue weighted by Gasteiger charge is -2.04. The maximum Gasteiger partial charge on any atom is 0.358 e. The van der Waals surface area contributed by atoms with Crippen molar-refractivity contribution in [3.63, 3.8) is 0 Å². The molecular formula is C12H10FIN2O2. The molecule has 94 valence electrons. The molecule has 0 saturated carbocycles. The number of rotatable bonds is 3. The quantitative estimate of drug-likeness (QED) is 0.625. The summed E-state index contributed by atoms with van der Waals surface area (Å²) in [5.74, 6) is -0.762. The van der Waals surface area contributed by atoms with Gasteiger partial charge < -0.3 is 9.30 Å². The maximum atomic E-state index is 13.0. The highest BCUT2D eigenvalue weighted by Gasteiger charge is 2.12. The van der Waals surface area contributed by atoms with Crippen molar-refractivity contribution in [2.24, 2.45) is 0 Å². The van der Waals surface area contributed by atoms with Gasteiger partial charge in [-0.05, 0) is 47.7 Å². The van der Waals surface area contributed by atoms with Gasteiger partial charge in [0.25, 0.3) is 0 Å². The van der Waals surface area contributed by atoms with Gasteiger partial charge >= 0.3 is 5.97 Å². The third-order valence-corrected chi connectivity index (χ3v) is 3.12. The highest BCUT2D eigenvalue weighted by molar-refractivity contribution is 14.1. The number of halogens is 2. The molecule has 18 heavy (non-hydrogen) atoms. The second-order valence-corrected chi connectivity index (χ2v) is 4.64. The first-order valence-corrected chi connectivity index (χ1v) is 6.36. The van der Waals surface area contributed by atoms with Gasteiger partial charge in [0, 0.05) is 9.77 Å². The Morgan fingerprint density at radius 1 is 1.56 bits per heavy atom. The van der Waals surface area contributed by atoms with Crippen molar-refractivity contribution in [1.82, 2.24) is 9.55 Å². The second-order valence-electron chi connectivity index (χ2n) is 3.48. The first-order valence-electron chi connectivity index (χ1n) is 5.28. The van der Waals surface area contributed by atoms with Crippen LogP contribution in [0.15, 0.2) is 30.7 Å². The Morgan fingerprint density at radius 2 is 2.33 bits per heavy atom. The minimum Gasteiger partial charge on any atom is -0.461 e. The Kier molecular flexibility index (Phi) is 3.95. The van der Waals surface area contributed by atoms with Crippen molar-refractivity contribution >= 4 is 28.6 Å². The Labute approximate surface area is 117 Å². The van der Waals surface area contributed by atoms with Crippen LogP contribution in [0.25, 0.3) is 5.69 Å². The molecule has 0 N–H and O–H groups in total. The van der Waals surface area contributed by atoms with Crippen molar-refractivity contribution in [3.05, 3.63) is 45.8 Å².